The molecule has 0 aromatic heterocycles. The summed E-state index contributed by atoms with van der Waals surface area (Å²) in [4.78, 5) is 13.2. The Morgan fingerprint density at radius 1 is 1.20 bits per heavy atom. The monoisotopic (exact) mass is 421 g/mol. The zero-order chi connectivity index (χ0) is 21.9. The van der Waals surface area contributed by atoms with Crippen molar-refractivity contribution in [3.63, 3.8) is 0 Å². The van der Waals surface area contributed by atoms with Gasteiger partial charge in [-0.15, -0.1) is 0 Å². The number of ether oxygens (including phenoxy) is 1. The number of aliphatic hydroxyl groups excluding tert-OH is 2. The van der Waals surface area contributed by atoms with Crippen LogP contribution in [-0.2, 0) is 9.53 Å². The Kier molecular flexibility index (Phi) is 5.72. The van der Waals surface area contributed by atoms with Crippen molar-refractivity contribution in [2.24, 2.45) is 28.6 Å². The van der Waals surface area contributed by atoms with E-state index in [1.165, 1.54) is 0 Å². The van der Waals surface area contributed by atoms with Gasteiger partial charge in [0.05, 0.1) is 24.4 Å². The molecule has 4 aliphatic carbocycles. The van der Waals surface area contributed by atoms with Crippen molar-refractivity contribution in [3.8, 4) is 0 Å². The first-order valence-corrected chi connectivity index (χ1v) is 11.6. The lowest BCUT2D eigenvalue weighted by Crippen LogP contribution is -2.61. The summed E-state index contributed by atoms with van der Waals surface area (Å²) >= 11 is 0. The number of fused-ring (bicyclic) bond motifs is 5. The SMILES string of the molecule is COCCNC(C)C1CC[C@@]2(O)C3=CC(=O)C4CC(O)C(O)CC4(C)C3CCC12C. The fourth-order valence-electron chi connectivity index (χ4n) is 7.74. The summed E-state index contributed by atoms with van der Waals surface area (Å²) in [6.07, 6.45) is 4.23. The van der Waals surface area contributed by atoms with E-state index in [0.29, 0.717) is 31.8 Å². The minimum Gasteiger partial charge on any atom is -0.390 e. The van der Waals surface area contributed by atoms with Gasteiger partial charge < -0.3 is 25.4 Å². The molecule has 0 aromatic rings. The smallest absolute Gasteiger partial charge is 0.159 e. The van der Waals surface area contributed by atoms with Crippen LogP contribution in [0.15, 0.2) is 11.6 Å². The number of ketones is 1. The van der Waals surface area contributed by atoms with Crippen molar-refractivity contribution in [3.05, 3.63) is 11.6 Å². The number of hydrogen-bond donors (Lipinski definition) is 4. The summed E-state index contributed by atoms with van der Waals surface area (Å²) in [7, 11) is 1.70. The van der Waals surface area contributed by atoms with Crippen LogP contribution in [0.1, 0.15) is 59.3 Å². The van der Waals surface area contributed by atoms with Gasteiger partial charge in [-0.25, -0.2) is 0 Å². The Morgan fingerprint density at radius 3 is 2.63 bits per heavy atom. The number of carbonyl (C=O) groups is 1. The standard InChI is InChI=1S/C24H39NO5/c1-14(25-9-10-30-4)15-6-8-24(29)17-11-19(26)18-12-20(27)21(28)13-22(18,2)16(17)5-7-23(15,24)3/h11,14-16,18,20-21,25,27-29H,5-10,12-13H2,1-4H3/t14?,15?,16?,18?,20?,21?,22?,23?,24-/m1/s1. The van der Waals surface area contributed by atoms with Crippen molar-refractivity contribution >= 4 is 5.78 Å². The molecular weight excluding hydrogens is 382 g/mol. The molecule has 0 radical (unpaired) electrons. The first-order chi connectivity index (χ1) is 14.1. The molecule has 4 N–H and O–H groups in total. The summed E-state index contributed by atoms with van der Waals surface area (Å²) in [5.41, 5.74) is -0.777. The van der Waals surface area contributed by atoms with E-state index in [1.807, 2.05) is 0 Å². The number of hydrogen-bond acceptors (Lipinski definition) is 6. The van der Waals surface area contributed by atoms with Crippen LogP contribution in [0.5, 0.6) is 0 Å². The van der Waals surface area contributed by atoms with Crippen LogP contribution in [0.2, 0.25) is 0 Å². The highest BCUT2D eigenvalue weighted by Gasteiger charge is 2.66. The highest BCUT2D eigenvalue weighted by Crippen LogP contribution is 2.67. The molecule has 170 valence electrons. The van der Waals surface area contributed by atoms with Crippen molar-refractivity contribution in [2.45, 2.75) is 83.1 Å². The highest BCUT2D eigenvalue weighted by molar-refractivity contribution is 5.95. The Bertz CT molecular complexity index is 724. The maximum atomic E-state index is 13.2. The fraction of sp³-hybridized carbons (Fsp3) is 0.875. The van der Waals surface area contributed by atoms with Gasteiger partial charge in [-0.2, -0.15) is 0 Å². The number of aliphatic hydroxyl groups is 3. The zero-order valence-electron chi connectivity index (χ0n) is 18.9. The van der Waals surface area contributed by atoms with Gasteiger partial charge >= 0.3 is 0 Å². The van der Waals surface area contributed by atoms with Gasteiger partial charge in [-0.05, 0) is 74.3 Å². The Hall–Kier alpha value is -0.790. The number of rotatable bonds is 5. The third kappa shape index (κ3) is 3.06. The molecule has 6 heteroatoms. The second kappa shape index (κ2) is 7.66. The molecule has 0 bridgehead atoms. The van der Waals surface area contributed by atoms with Crippen molar-refractivity contribution in [1.82, 2.24) is 5.32 Å². The van der Waals surface area contributed by atoms with Crippen LogP contribution >= 0.6 is 0 Å². The third-order valence-corrected chi connectivity index (χ3v) is 9.57. The Morgan fingerprint density at radius 2 is 1.93 bits per heavy atom. The molecule has 8 unspecified atom stereocenters. The highest BCUT2D eigenvalue weighted by atomic mass is 16.5. The molecule has 0 amide bonds. The van der Waals surface area contributed by atoms with Gasteiger partial charge in [0.25, 0.3) is 0 Å². The van der Waals surface area contributed by atoms with Crippen LogP contribution in [0.3, 0.4) is 0 Å². The lowest BCUT2D eigenvalue weighted by atomic mass is 9.46. The van der Waals surface area contributed by atoms with E-state index in [1.54, 1.807) is 13.2 Å². The van der Waals surface area contributed by atoms with Crippen LogP contribution in [0.25, 0.3) is 0 Å². The summed E-state index contributed by atoms with van der Waals surface area (Å²) in [5, 5.41) is 36.3. The van der Waals surface area contributed by atoms with Gasteiger partial charge in [-0.3, -0.25) is 4.79 Å². The molecule has 4 rings (SSSR count). The van der Waals surface area contributed by atoms with E-state index in [0.717, 1.165) is 31.4 Å². The molecule has 6 nitrogen and oxygen atoms in total. The molecular formula is C24H39NO5. The van der Waals surface area contributed by atoms with E-state index >= 15 is 0 Å². The van der Waals surface area contributed by atoms with Gasteiger partial charge in [0, 0.05) is 31.0 Å². The molecule has 3 fully saturated rings. The molecule has 0 aromatic carbocycles. The predicted molar refractivity (Wildman–Crippen MR) is 114 cm³/mol. The summed E-state index contributed by atoms with van der Waals surface area (Å²) in [6, 6.07) is 0.255. The molecule has 3 saturated carbocycles. The molecule has 0 saturated heterocycles. The normalized spacial score (nSPS) is 49.1. The molecule has 0 heterocycles. The Balaban J connectivity index is 1.65. The number of allylic oxidation sites excluding steroid dienone is 1. The quantitative estimate of drug-likeness (QED) is 0.506. The summed E-state index contributed by atoms with van der Waals surface area (Å²) in [5.74, 6) is 0.142. The minimum atomic E-state index is -0.984. The minimum absolute atomic E-state index is 0.0158. The Labute approximate surface area is 180 Å². The predicted octanol–water partition coefficient (Wildman–Crippen LogP) is 1.82. The van der Waals surface area contributed by atoms with Crippen LogP contribution < -0.4 is 5.32 Å². The molecule has 0 spiro atoms. The van der Waals surface area contributed by atoms with Gasteiger partial charge in [0.2, 0.25) is 0 Å². The molecule has 30 heavy (non-hydrogen) atoms. The fourth-order valence-corrected chi connectivity index (χ4v) is 7.74. The van der Waals surface area contributed by atoms with Crippen molar-refractivity contribution in [2.75, 3.05) is 20.3 Å². The zero-order valence-corrected chi connectivity index (χ0v) is 18.9. The van der Waals surface area contributed by atoms with E-state index in [-0.39, 0.29) is 29.1 Å². The molecule has 4 aliphatic rings. The lowest BCUT2D eigenvalue weighted by Gasteiger charge is -2.60. The average Bonchev–Trinajstić information content (AvgIpc) is 2.96. The van der Waals surface area contributed by atoms with Crippen LogP contribution in [0, 0.1) is 28.6 Å². The topological polar surface area (TPSA) is 99.0 Å². The first kappa shape index (κ1) is 22.4. The van der Waals surface area contributed by atoms with Crippen LogP contribution in [-0.4, -0.2) is 65.2 Å². The maximum Gasteiger partial charge on any atom is 0.159 e. The average molecular weight is 422 g/mol. The van der Waals surface area contributed by atoms with Crippen molar-refractivity contribution < 1.29 is 24.9 Å². The van der Waals surface area contributed by atoms with Crippen LogP contribution in [0.4, 0.5) is 0 Å². The van der Waals surface area contributed by atoms with Crippen molar-refractivity contribution in [1.29, 1.82) is 0 Å². The second-order valence-electron chi connectivity index (χ2n) is 10.9. The largest absolute Gasteiger partial charge is 0.390 e. The molecule has 9 atom stereocenters. The maximum absolute atomic E-state index is 13.2. The number of methoxy groups -OCH3 is 1. The third-order valence-electron chi connectivity index (χ3n) is 9.57. The lowest BCUT2D eigenvalue weighted by molar-refractivity contribution is -0.152. The van der Waals surface area contributed by atoms with Gasteiger partial charge in [0.15, 0.2) is 5.78 Å². The summed E-state index contributed by atoms with van der Waals surface area (Å²) in [6.45, 7) is 7.94. The number of nitrogens with one attached hydrogen (secondary N) is 1. The first-order valence-electron chi connectivity index (χ1n) is 11.6. The van der Waals surface area contributed by atoms with Gasteiger partial charge in [-0.1, -0.05) is 13.8 Å². The number of carbonyl (C=O) groups excluding carboxylic acids is 1. The van der Waals surface area contributed by atoms with Gasteiger partial charge in [0.1, 0.15) is 0 Å². The van der Waals surface area contributed by atoms with E-state index in [2.05, 4.69) is 26.1 Å². The second-order valence-corrected chi connectivity index (χ2v) is 10.9. The summed E-state index contributed by atoms with van der Waals surface area (Å²) < 4.78 is 5.17. The van der Waals surface area contributed by atoms with E-state index in [9.17, 15) is 20.1 Å². The van der Waals surface area contributed by atoms with E-state index < -0.39 is 23.2 Å². The van der Waals surface area contributed by atoms with E-state index in [4.69, 9.17) is 4.74 Å². The molecule has 0 aliphatic heterocycles.